The molecule has 0 N–H and O–H groups in total. The van der Waals surface area contributed by atoms with E-state index in [-0.39, 0.29) is 18.6 Å². The highest BCUT2D eigenvalue weighted by molar-refractivity contribution is 6.62. The highest BCUT2D eigenvalue weighted by atomic mass is 16.7. The molecule has 2 heterocycles. The van der Waals surface area contributed by atoms with Gasteiger partial charge in [0.05, 0.1) is 23.2 Å². The third kappa shape index (κ3) is 4.12. The van der Waals surface area contributed by atoms with Crippen molar-refractivity contribution in [1.29, 1.82) is 0 Å². The van der Waals surface area contributed by atoms with Crippen molar-refractivity contribution in [3.05, 3.63) is 41.5 Å². The van der Waals surface area contributed by atoms with Gasteiger partial charge in [-0.2, -0.15) is 0 Å². The van der Waals surface area contributed by atoms with Gasteiger partial charge in [0, 0.05) is 6.08 Å². The summed E-state index contributed by atoms with van der Waals surface area (Å²) in [5.41, 5.74) is 0.831. The molecule has 2 aliphatic heterocycles. The van der Waals surface area contributed by atoms with Gasteiger partial charge in [-0.15, -0.1) is 0 Å². The summed E-state index contributed by atoms with van der Waals surface area (Å²) in [5, 5.41) is 0. The fourth-order valence-corrected chi connectivity index (χ4v) is 2.63. The van der Waals surface area contributed by atoms with Crippen LogP contribution in [-0.4, -0.2) is 36.2 Å². The van der Waals surface area contributed by atoms with Crippen molar-refractivity contribution in [1.82, 2.24) is 0 Å². The van der Waals surface area contributed by atoms with Gasteiger partial charge in [0.25, 0.3) is 0 Å². The van der Waals surface area contributed by atoms with Crippen LogP contribution in [-0.2, 0) is 39.8 Å². The maximum Gasteiger partial charge on any atom is 0.494 e. The van der Waals surface area contributed by atoms with Crippen molar-refractivity contribution in [3.63, 3.8) is 0 Å². The summed E-state index contributed by atoms with van der Waals surface area (Å²) < 4.78 is 21.5. The van der Waals surface area contributed by atoms with E-state index in [1.54, 1.807) is 0 Å². The fraction of sp³-hybridized carbons (Fsp3) is 0.421. The van der Waals surface area contributed by atoms with Gasteiger partial charge in [0.15, 0.2) is 0 Å². The van der Waals surface area contributed by atoms with Crippen molar-refractivity contribution in [2.75, 3.05) is 0 Å². The summed E-state index contributed by atoms with van der Waals surface area (Å²) in [6, 6.07) is 7.36. The lowest BCUT2D eigenvalue weighted by molar-refractivity contribution is -0.152. The molecule has 1 saturated heterocycles. The van der Waals surface area contributed by atoms with E-state index in [1.165, 1.54) is 0 Å². The summed E-state index contributed by atoms with van der Waals surface area (Å²) in [5.74, 6) is -2.17. The zero-order valence-electron chi connectivity index (χ0n) is 15.7. The molecule has 0 aromatic heterocycles. The van der Waals surface area contributed by atoms with Gasteiger partial charge in [-0.25, -0.2) is 9.59 Å². The third-order valence-corrected chi connectivity index (χ3v) is 4.99. The Hall–Kier alpha value is -2.45. The lowest BCUT2D eigenvalue weighted by Gasteiger charge is -2.32. The Labute approximate surface area is 157 Å². The minimum Gasteiger partial charge on any atom is -0.461 e. The van der Waals surface area contributed by atoms with Gasteiger partial charge in [-0.3, -0.25) is 4.79 Å². The molecule has 0 saturated carbocycles. The number of benzene rings is 1. The molecule has 3 rings (SSSR count). The lowest BCUT2D eigenvalue weighted by atomic mass is 9.79. The lowest BCUT2D eigenvalue weighted by Crippen LogP contribution is -2.41. The van der Waals surface area contributed by atoms with Gasteiger partial charge in [-0.05, 0) is 38.7 Å². The highest BCUT2D eigenvalue weighted by Gasteiger charge is 2.51. The third-order valence-electron chi connectivity index (χ3n) is 4.99. The number of cyclic esters (lactones) is 2. The Morgan fingerprint density at radius 2 is 1.63 bits per heavy atom. The van der Waals surface area contributed by atoms with E-state index >= 15 is 0 Å². The molecule has 0 unspecified atom stereocenters. The molecular weight excluding hydrogens is 351 g/mol. The smallest absolute Gasteiger partial charge is 0.461 e. The van der Waals surface area contributed by atoms with E-state index in [2.05, 4.69) is 4.74 Å². The van der Waals surface area contributed by atoms with E-state index in [4.69, 9.17) is 14.0 Å². The molecule has 8 heteroatoms. The van der Waals surface area contributed by atoms with Crippen LogP contribution in [0.4, 0.5) is 0 Å². The zero-order valence-corrected chi connectivity index (χ0v) is 15.7. The van der Waals surface area contributed by atoms with Crippen LogP contribution in [0.25, 0.3) is 0 Å². The van der Waals surface area contributed by atoms with E-state index in [0.29, 0.717) is 0 Å². The molecule has 1 aromatic rings. The molecule has 1 fully saturated rings. The second kappa shape index (κ2) is 6.94. The van der Waals surface area contributed by atoms with Crippen molar-refractivity contribution in [2.24, 2.45) is 0 Å². The Bertz CT molecular complexity index is 792. The average molecular weight is 372 g/mol. The van der Waals surface area contributed by atoms with Gasteiger partial charge in [-0.1, -0.05) is 24.3 Å². The Kier molecular flexibility index (Phi) is 4.97. The van der Waals surface area contributed by atoms with Crippen LogP contribution in [0.2, 0.25) is 0 Å². The van der Waals surface area contributed by atoms with E-state index in [9.17, 15) is 14.4 Å². The molecule has 1 aromatic carbocycles. The molecule has 7 nitrogen and oxygen atoms in total. The topological polar surface area (TPSA) is 88.1 Å². The first-order valence-electron chi connectivity index (χ1n) is 8.64. The summed E-state index contributed by atoms with van der Waals surface area (Å²) in [6.07, 6.45) is 0.708. The molecule has 0 bridgehead atoms. The number of ether oxygens (including phenoxy) is 2. The summed E-state index contributed by atoms with van der Waals surface area (Å²) in [4.78, 5) is 34.1. The van der Waals surface area contributed by atoms with Crippen molar-refractivity contribution in [2.45, 2.75) is 51.9 Å². The van der Waals surface area contributed by atoms with Gasteiger partial charge < -0.3 is 18.8 Å². The van der Waals surface area contributed by atoms with Crippen LogP contribution in [0, 0.1) is 0 Å². The van der Waals surface area contributed by atoms with Crippen molar-refractivity contribution < 1.29 is 33.2 Å². The number of esters is 3. The normalized spacial score (nSPS) is 20.4. The average Bonchev–Trinajstić information content (AvgIpc) is 3.00. The number of hydrogen-bond acceptors (Lipinski definition) is 7. The summed E-state index contributed by atoms with van der Waals surface area (Å²) in [6.45, 7) is 8.01. The maximum absolute atomic E-state index is 11.8. The molecule has 0 spiro atoms. The fourth-order valence-electron chi connectivity index (χ4n) is 2.63. The second-order valence-electron chi connectivity index (χ2n) is 7.55. The van der Waals surface area contributed by atoms with E-state index in [1.807, 2.05) is 52.0 Å². The Morgan fingerprint density at radius 1 is 1.04 bits per heavy atom. The quantitative estimate of drug-likeness (QED) is 0.439. The number of hydrogen-bond donors (Lipinski definition) is 0. The van der Waals surface area contributed by atoms with Crippen LogP contribution < -0.4 is 5.46 Å². The molecule has 0 radical (unpaired) electrons. The molecule has 0 amide bonds. The number of carbonyl (C=O) groups is 3. The molecule has 27 heavy (non-hydrogen) atoms. The predicted molar refractivity (Wildman–Crippen MR) is 95.8 cm³/mol. The molecule has 2 aliphatic rings. The molecule has 142 valence electrons. The van der Waals surface area contributed by atoms with Crippen LogP contribution in [0.15, 0.2) is 35.9 Å². The molecule has 0 atom stereocenters. The van der Waals surface area contributed by atoms with Gasteiger partial charge in [0.1, 0.15) is 6.61 Å². The van der Waals surface area contributed by atoms with Crippen LogP contribution >= 0.6 is 0 Å². The van der Waals surface area contributed by atoms with Gasteiger partial charge in [0.2, 0.25) is 0 Å². The summed E-state index contributed by atoms with van der Waals surface area (Å²) in [7, 11) is -0.454. The summed E-state index contributed by atoms with van der Waals surface area (Å²) >= 11 is 0. The highest BCUT2D eigenvalue weighted by Crippen LogP contribution is 2.36. The Morgan fingerprint density at radius 3 is 2.15 bits per heavy atom. The van der Waals surface area contributed by atoms with E-state index < -0.39 is 36.2 Å². The minimum atomic E-state index is -0.802. The Balaban J connectivity index is 1.54. The first-order valence-corrected chi connectivity index (χ1v) is 8.64. The number of carbonyl (C=O) groups excluding carboxylic acids is 3. The van der Waals surface area contributed by atoms with Crippen molar-refractivity contribution in [3.8, 4) is 0 Å². The molecular formula is C19H21BO7. The maximum atomic E-state index is 11.8. The SMILES string of the molecule is CC1(C)OB(c2ccc(COC(=O)CC3=CC(=O)OC3=O)cc2)OC1(C)C. The number of rotatable bonds is 5. The van der Waals surface area contributed by atoms with E-state index in [0.717, 1.165) is 17.1 Å². The minimum absolute atomic E-state index is 0.00103. The van der Waals surface area contributed by atoms with Crippen LogP contribution in [0.5, 0.6) is 0 Å². The monoisotopic (exact) mass is 372 g/mol. The van der Waals surface area contributed by atoms with Crippen LogP contribution in [0.3, 0.4) is 0 Å². The first kappa shape index (κ1) is 19.3. The second-order valence-corrected chi connectivity index (χ2v) is 7.55. The van der Waals surface area contributed by atoms with Gasteiger partial charge >= 0.3 is 25.0 Å². The predicted octanol–water partition coefficient (Wildman–Crippen LogP) is 1.43. The zero-order chi connectivity index (χ0) is 19.8. The van der Waals surface area contributed by atoms with Crippen molar-refractivity contribution >= 4 is 30.5 Å². The molecule has 0 aliphatic carbocycles. The van der Waals surface area contributed by atoms with Crippen LogP contribution in [0.1, 0.15) is 39.7 Å². The first-order chi connectivity index (χ1) is 12.6. The largest absolute Gasteiger partial charge is 0.494 e. The standard InChI is InChI=1S/C19H21BO7/c1-18(2)19(3,4)27-20(26-18)14-7-5-12(6-8-14)11-24-15(21)9-13-10-16(22)25-17(13)23/h5-8,10H,9,11H2,1-4H3.